The first-order valence-electron chi connectivity index (χ1n) is 7.29. The van der Waals surface area contributed by atoms with E-state index in [-0.39, 0.29) is 10.8 Å². The van der Waals surface area contributed by atoms with Crippen molar-refractivity contribution in [1.29, 1.82) is 0 Å². The van der Waals surface area contributed by atoms with Crippen LogP contribution < -0.4 is 22.0 Å². The fraction of sp³-hybridized carbons (Fsp3) is 0.125. The molecule has 0 bridgehead atoms. The van der Waals surface area contributed by atoms with Gasteiger partial charge in [0.05, 0.1) is 5.69 Å². The zero-order valence-corrected chi connectivity index (χ0v) is 14.3. The standard InChI is InChI=1S/C16H15N5O3S/c1-8-5-13(22)24-12-6-9(3-4-10(8)12)18-16(25)19-11-7-21(2)20-14(11)15(17)23/h3-7H,1-2H3,(H2,17,23)(H2,18,19,25). The van der Waals surface area contributed by atoms with Crippen molar-refractivity contribution >= 4 is 45.6 Å². The summed E-state index contributed by atoms with van der Waals surface area (Å²) in [4.78, 5) is 22.9. The molecule has 1 amide bonds. The Hall–Kier alpha value is -3.20. The maximum absolute atomic E-state index is 11.5. The number of aryl methyl sites for hydroxylation is 2. The first-order valence-corrected chi connectivity index (χ1v) is 7.70. The summed E-state index contributed by atoms with van der Waals surface area (Å²) >= 11 is 5.24. The summed E-state index contributed by atoms with van der Waals surface area (Å²) in [6.45, 7) is 1.84. The van der Waals surface area contributed by atoms with Gasteiger partial charge in [0.25, 0.3) is 5.91 Å². The molecule has 2 aromatic heterocycles. The van der Waals surface area contributed by atoms with Gasteiger partial charge in [0.1, 0.15) is 5.58 Å². The number of aromatic nitrogens is 2. The molecule has 0 unspecified atom stereocenters. The van der Waals surface area contributed by atoms with E-state index in [4.69, 9.17) is 22.4 Å². The number of fused-ring (bicyclic) bond motifs is 1. The number of amides is 1. The van der Waals surface area contributed by atoms with Crippen LogP contribution in [0.2, 0.25) is 0 Å². The zero-order chi connectivity index (χ0) is 18.1. The van der Waals surface area contributed by atoms with Crippen molar-refractivity contribution in [2.45, 2.75) is 6.92 Å². The van der Waals surface area contributed by atoms with E-state index in [1.165, 1.54) is 10.7 Å². The summed E-state index contributed by atoms with van der Waals surface area (Å²) in [6, 6.07) is 6.75. The molecule has 0 aliphatic heterocycles. The van der Waals surface area contributed by atoms with E-state index in [9.17, 15) is 9.59 Å². The van der Waals surface area contributed by atoms with E-state index >= 15 is 0 Å². The van der Waals surface area contributed by atoms with Crippen LogP contribution >= 0.6 is 12.2 Å². The number of primary amides is 1. The lowest BCUT2D eigenvalue weighted by molar-refractivity contribution is 0.0995. The topological polar surface area (TPSA) is 115 Å². The second-order valence-corrected chi connectivity index (χ2v) is 5.88. The van der Waals surface area contributed by atoms with Crippen molar-refractivity contribution in [2.75, 3.05) is 10.6 Å². The molecule has 25 heavy (non-hydrogen) atoms. The largest absolute Gasteiger partial charge is 0.423 e. The molecule has 128 valence electrons. The Kier molecular flexibility index (Phi) is 4.24. The van der Waals surface area contributed by atoms with Gasteiger partial charge >= 0.3 is 5.63 Å². The lowest BCUT2D eigenvalue weighted by Crippen LogP contribution is -2.21. The van der Waals surface area contributed by atoms with Gasteiger partial charge in [0.15, 0.2) is 10.8 Å². The fourth-order valence-electron chi connectivity index (χ4n) is 2.45. The van der Waals surface area contributed by atoms with E-state index in [0.717, 1.165) is 10.9 Å². The van der Waals surface area contributed by atoms with Gasteiger partial charge in [-0.15, -0.1) is 0 Å². The van der Waals surface area contributed by atoms with E-state index in [1.54, 1.807) is 19.3 Å². The van der Waals surface area contributed by atoms with Crippen LogP contribution in [0.25, 0.3) is 11.0 Å². The summed E-state index contributed by atoms with van der Waals surface area (Å²) in [7, 11) is 1.67. The lowest BCUT2D eigenvalue weighted by atomic mass is 10.1. The molecule has 1 aromatic carbocycles. The van der Waals surface area contributed by atoms with Gasteiger partial charge in [-0.3, -0.25) is 9.48 Å². The van der Waals surface area contributed by atoms with Crippen molar-refractivity contribution in [3.05, 3.63) is 52.1 Å². The summed E-state index contributed by atoms with van der Waals surface area (Å²) in [6.07, 6.45) is 1.59. The molecular formula is C16H15N5O3S. The number of nitrogens with two attached hydrogens (primary N) is 1. The maximum atomic E-state index is 11.5. The normalized spacial score (nSPS) is 10.6. The summed E-state index contributed by atoms with van der Waals surface area (Å²) in [5, 5.41) is 10.9. The van der Waals surface area contributed by atoms with Crippen LogP contribution in [0, 0.1) is 6.92 Å². The van der Waals surface area contributed by atoms with Gasteiger partial charge in [-0.05, 0) is 36.8 Å². The molecule has 0 spiro atoms. The van der Waals surface area contributed by atoms with Crippen molar-refractivity contribution in [3.8, 4) is 0 Å². The Labute approximate surface area is 147 Å². The molecule has 0 saturated heterocycles. The average Bonchev–Trinajstić information content (AvgIpc) is 2.87. The van der Waals surface area contributed by atoms with E-state index in [1.807, 2.05) is 19.1 Å². The second kappa shape index (κ2) is 6.36. The number of nitrogens with one attached hydrogen (secondary N) is 2. The fourth-order valence-corrected chi connectivity index (χ4v) is 2.68. The van der Waals surface area contributed by atoms with Gasteiger partial charge in [-0.1, -0.05) is 0 Å². The highest BCUT2D eigenvalue weighted by atomic mass is 32.1. The molecule has 0 aliphatic rings. The maximum Gasteiger partial charge on any atom is 0.336 e. The van der Waals surface area contributed by atoms with Crippen LogP contribution in [0.15, 0.2) is 39.7 Å². The molecule has 9 heteroatoms. The SMILES string of the molecule is Cc1cc(=O)oc2cc(NC(=S)Nc3cn(C)nc3C(N)=O)ccc12. The van der Waals surface area contributed by atoms with E-state index in [0.29, 0.717) is 17.0 Å². The summed E-state index contributed by atoms with van der Waals surface area (Å²) in [5.41, 5.74) is 7.28. The number of thiocarbonyl (C=S) groups is 1. The zero-order valence-electron chi connectivity index (χ0n) is 13.5. The number of carbonyl (C=O) groups excluding carboxylic acids is 1. The van der Waals surface area contributed by atoms with Crippen LogP contribution in [0.5, 0.6) is 0 Å². The van der Waals surface area contributed by atoms with Crippen LogP contribution in [0.4, 0.5) is 11.4 Å². The minimum Gasteiger partial charge on any atom is -0.423 e. The van der Waals surface area contributed by atoms with Gasteiger partial charge in [-0.25, -0.2) is 4.79 Å². The van der Waals surface area contributed by atoms with E-state index in [2.05, 4.69) is 15.7 Å². The summed E-state index contributed by atoms with van der Waals surface area (Å²) < 4.78 is 6.66. The number of carbonyl (C=O) groups is 1. The molecule has 0 aliphatic carbocycles. The molecule has 2 heterocycles. The Bertz CT molecular complexity index is 1050. The number of hydrogen-bond acceptors (Lipinski definition) is 5. The molecule has 3 aromatic rings. The predicted molar refractivity (Wildman–Crippen MR) is 98.8 cm³/mol. The Morgan fingerprint density at radius 2 is 2.08 bits per heavy atom. The summed E-state index contributed by atoms with van der Waals surface area (Å²) in [5.74, 6) is -0.658. The van der Waals surface area contributed by atoms with Crippen molar-refractivity contribution in [2.24, 2.45) is 12.8 Å². The van der Waals surface area contributed by atoms with Crippen LogP contribution in [0.3, 0.4) is 0 Å². The van der Waals surface area contributed by atoms with Crippen molar-refractivity contribution in [3.63, 3.8) is 0 Å². The molecular weight excluding hydrogens is 342 g/mol. The number of hydrogen-bond donors (Lipinski definition) is 3. The average molecular weight is 357 g/mol. The smallest absolute Gasteiger partial charge is 0.336 e. The highest BCUT2D eigenvalue weighted by Crippen LogP contribution is 2.21. The van der Waals surface area contributed by atoms with Crippen LogP contribution in [-0.4, -0.2) is 20.8 Å². The highest BCUT2D eigenvalue weighted by Gasteiger charge is 2.14. The van der Waals surface area contributed by atoms with Gasteiger partial charge in [0, 0.05) is 36.5 Å². The molecule has 3 rings (SSSR count). The molecule has 0 saturated carbocycles. The van der Waals surface area contributed by atoms with Gasteiger partial charge < -0.3 is 20.8 Å². The lowest BCUT2D eigenvalue weighted by Gasteiger charge is -2.10. The number of anilines is 2. The Morgan fingerprint density at radius 3 is 2.80 bits per heavy atom. The van der Waals surface area contributed by atoms with Crippen molar-refractivity contribution in [1.82, 2.24) is 9.78 Å². The second-order valence-electron chi connectivity index (χ2n) is 5.47. The predicted octanol–water partition coefficient (Wildman–Crippen LogP) is 1.74. The molecule has 0 atom stereocenters. The third-order valence-corrected chi connectivity index (χ3v) is 3.72. The number of nitrogens with zero attached hydrogens (tertiary/aromatic N) is 2. The first-order chi connectivity index (χ1) is 11.8. The minimum absolute atomic E-state index is 0.0896. The number of benzene rings is 1. The third-order valence-electron chi connectivity index (χ3n) is 3.52. The Morgan fingerprint density at radius 1 is 1.32 bits per heavy atom. The quantitative estimate of drug-likeness (QED) is 0.483. The van der Waals surface area contributed by atoms with Crippen LogP contribution in [0.1, 0.15) is 16.1 Å². The molecule has 0 radical (unpaired) electrons. The first kappa shape index (κ1) is 16.7. The monoisotopic (exact) mass is 357 g/mol. The number of rotatable bonds is 3. The minimum atomic E-state index is -0.658. The van der Waals surface area contributed by atoms with Gasteiger partial charge in [-0.2, -0.15) is 5.10 Å². The van der Waals surface area contributed by atoms with Gasteiger partial charge in [0.2, 0.25) is 0 Å². The molecule has 4 N–H and O–H groups in total. The molecule has 0 fully saturated rings. The third kappa shape index (κ3) is 3.50. The highest BCUT2D eigenvalue weighted by molar-refractivity contribution is 7.80. The van der Waals surface area contributed by atoms with Crippen LogP contribution in [-0.2, 0) is 7.05 Å². The molecule has 8 nitrogen and oxygen atoms in total. The Balaban J connectivity index is 1.83. The van der Waals surface area contributed by atoms with E-state index < -0.39 is 11.5 Å². The van der Waals surface area contributed by atoms with Crippen molar-refractivity contribution < 1.29 is 9.21 Å².